The molecular formula is C15H25N3. The van der Waals surface area contributed by atoms with E-state index in [1.165, 1.54) is 23.2 Å². The summed E-state index contributed by atoms with van der Waals surface area (Å²) < 4.78 is 0. The number of hydrogen-bond donors (Lipinski definition) is 1. The molecule has 3 heteroatoms. The summed E-state index contributed by atoms with van der Waals surface area (Å²) in [5.41, 5.74) is 9.93. The van der Waals surface area contributed by atoms with Crippen molar-refractivity contribution in [3.05, 3.63) is 29.3 Å². The summed E-state index contributed by atoms with van der Waals surface area (Å²) in [6.07, 6.45) is 1.18. The number of anilines is 1. The van der Waals surface area contributed by atoms with Crippen molar-refractivity contribution >= 4 is 5.69 Å². The average Bonchev–Trinajstić information content (AvgIpc) is 2.70. The Morgan fingerprint density at radius 2 is 2.11 bits per heavy atom. The molecule has 0 aliphatic carbocycles. The maximum Gasteiger partial charge on any atom is 0.0409 e. The van der Waals surface area contributed by atoms with Gasteiger partial charge in [-0.1, -0.05) is 17.7 Å². The van der Waals surface area contributed by atoms with Crippen LogP contribution in [-0.2, 0) is 0 Å². The van der Waals surface area contributed by atoms with Gasteiger partial charge in [0.05, 0.1) is 0 Å². The smallest absolute Gasteiger partial charge is 0.0409 e. The van der Waals surface area contributed by atoms with Crippen LogP contribution in [0.1, 0.15) is 23.6 Å². The van der Waals surface area contributed by atoms with Crippen LogP contribution in [0.4, 0.5) is 5.69 Å². The molecule has 1 aromatic rings. The van der Waals surface area contributed by atoms with Crippen molar-refractivity contribution < 1.29 is 0 Å². The van der Waals surface area contributed by atoms with E-state index >= 15 is 0 Å². The van der Waals surface area contributed by atoms with Crippen LogP contribution < -0.4 is 10.6 Å². The van der Waals surface area contributed by atoms with Crippen LogP contribution in [0.2, 0.25) is 0 Å². The SMILES string of the molecule is Cc1ccc(N(C)C)c(C2CC(CN)CN2C)c1. The third kappa shape index (κ3) is 2.52. The average molecular weight is 247 g/mol. The van der Waals surface area contributed by atoms with Crippen molar-refractivity contribution in [2.45, 2.75) is 19.4 Å². The summed E-state index contributed by atoms with van der Waals surface area (Å²) >= 11 is 0. The summed E-state index contributed by atoms with van der Waals surface area (Å²) in [5, 5.41) is 0. The summed E-state index contributed by atoms with van der Waals surface area (Å²) in [6.45, 7) is 4.07. The Kier molecular flexibility index (Phi) is 3.93. The second-order valence-electron chi connectivity index (χ2n) is 5.75. The lowest BCUT2D eigenvalue weighted by atomic mass is 9.96. The first-order valence-corrected chi connectivity index (χ1v) is 6.71. The molecule has 100 valence electrons. The van der Waals surface area contributed by atoms with E-state index in [0.717, 1.165) is 13.1 Å². The van der Waals surface area contributed by atoms with Gasteiger partial charge in [-0.15, -0.1) is 0 Å². The molecule has 18 heavy (non-hydrogen) atoms. The van der Waals surface area contributed by atoms with E-state index in [1.807, 2.05) is 0 Å². The highest BCUT2D eigenvalue weighted by Gasteiger charge is 2.31. The summed E-state index contributed by atoms with van der Waals surface area (Å²) in [7, 11) is 6.44. The number of aryl methyl sites for hydroxylation is 1. The minimum Gasteiger partial charge on any atom is -0.377 e. The number of hydrogen-bond acceptors (Lipinski definition) is 3. The van der Waals surface area contributed by atoms with Gasteiger partial charge in [0.1, 0.15) is 0 Å². The third-order valence-corrected chi connectivity index (χ3v) is 3.99. The molecule has 2 rings (SSSR count). The molecule has 1 aliphatic rings. The molecule has 1 aliphatic heterocycles. The van der Waals surface area contributed by atoms with Gasteiger partial charge in [0.2, 0.25) is 0 Å². The van der Waals surface area contributed by atoms with Gasteiger partial charge in [-0.3, -0.25) is 4.90 Å². The molecule has 1 aromatic carbocycles. The molecule has 1 fully saturated rings. The lowest BCUT2D eigenvalue weighted by Crippen LogP contribution is -2.22. The van der Waals surface area contributed by atoms with Crippen molar-refractivity contribution in [3.8, 4) is 0 Å². The molecular weight excluding hydrogens is 222 g/mol. The van der Waals surface area contributed by atoms with E-state index in [2.05, 4.69) is 56.1 Å². The van der Waals surface area contributed by atoms with Gasteiger partial charge >= 0.3 is 0 Å². The number of benzene rings is 1. The van der Waals surface area contributed by atoms with Crippen LogP contribution in [0.3, 0.4) is 0 Å². The normalized spacial score (nSPS) is 24.5. The van der Waals surface area contributed by atoms with E-state index in [9.17, 15) is 0 Å². The van der Waals surface area contributed by atoms with E-state index in [4.69, 9.17) is 5.73 Å². The molecule has 1 saturated heterocycles. The van der Waals surface area contributed by atoms with Crippen LogP contribution in [0, 0.1) is 12.8 Å². The summed E-state index contributed by atoms with van der Waals surface area (Å²) in [4.78, 5) is 4.65. The molecule has 0 bridgehead atoms. The first-order chi connectivity index (χ1) is 8.52. The Labute approximate surface area is 111 Å². The fraction of sp³-hybridized carbons (Fsp3) is 0.600. The Bertz CT molecular complexity index is 414. The van der Waals surface area contributed by atoms with Gasteiger partial charge in [-0.05, 0) is 44.5 Å². The van der Waals surface area contributed by atoms with Crippen LogP contribution in [0.25, 0.3) is 0 Å². The first kappa shape index (κ1) is 13.4. The van der Waals surface area contributed by atoms with Crippen LogP contribution in [0.5, 0.6) is 0 Å². The first-order valence-electron chi connectivity index (χ1n) is 6.71. The van der Waals surface area contributed by atoms with Crippen molar-refractivity contribution in [2.75, 3.05) is 39.1 Å². The predicted octanol–water partition coefficient (Wildman–Crippen LogP) is 2.01. The largest absolute Gasteiger partial charge is 0.377 e. The highest BCUT2D eigenvalue weighted by molar-refractivity contribution is 5.55. The maximum atomic E-state index is 5.83. The van der Waals surface area contributed by atoms with Gasteiger partial charge in [0.25, 0.3) is 0 Å². The molecule has 1 heterocycles. The Morgan fingerprint density at radius 3 is 2.67 bits per heavy atom. The molecule has 2 unspecified atom stereocenters. The molecule has 0 radical (unpaired) electrons. The van der Waals surface area contributed by atoms with Crippen LogP contribution in [0.15, 0.2) is 18.2 Å². The van der Waals surface area contributed by atoms with Crippen molar-refractivity contribution in [3.63, 3.8) is 0 Å². The summed E-state index contributed by atoms with van der Waals surface area (Å²) in [6, 6.07) is 7.26. The number of likely N-dealkylation sites (tertiary alicyclic amines) is 1. The lowest BCUT2D eigenvalue weighted by Gasteiger charge is -2.26. The maximum absolute atomic E-state index is 5.83. The quantitative estimate of drug-likeness (QED) is 0.887. The van der Waals surface area contributed by atoms with Gasteiger partial charge in [0.15, 0.2) is 0 Å². The third-order valence-electron chi connectivity index (χ3n) is 3.99. The number of rotatable bonds is 3. The van der Waals surface area contributed by atoms with Crippen molar-refractivity contribution in [1.29, 1.82) is 0 Å². The molecule has 0 saturated carbocycles. The minimum atomic E-state index is 0.510. The van der Waals surface area contributed by atoms with Crippen LogP contribution >= 0.6 is 0 Å². The zero-order valence-corrected chi connectivity index (χ0v) is 12.0. The second-order valence-corrected chi connectivity index (χ2v) is 5.75. The van der Waals surface area contributed by atoms with E-state index in [-0.39, 0.29) is 0 Å². The minimum absolute atomic E-state index is 0.510. The van der Waals surface area contributed by atoms with E-state index < -0.39 is 0 Å². The zero-order valence-electron chi connectivity index (χ0n) is 12.0. The van der Waals surface area contributed by atoms with Crippen molar-refractivity contribution in [2.24, 2.45) is 11.7 Å². The Hall–Kier alpha value is -1.06. The zero-order chi connectivity index (χ0) is 13.3. The molecule has 0 aromatic heterocycles. The molecule has 2 N–H and O–H groups in total. The van der Waals surface area contributed by atoms with Gasteiger partial charge in [0, 0.05) is 32.4 Å². The lowest BCUT2D eigenvalue weighted by molar-refractivity contribution is 0.314. The molecule has 0 spiro atoms. The molecule has 2 atom stereocenters. The van der Waals surface area contributed by atoms with E-state index in [0.29, 0.717) is 12.0 Å². The molecule has 0 amide bonds. The van der Waals surface area contributed by atoms with Crippen molar-refractivity contribution in [1.82, 2.24) is 4.90 Å². The highest BCUT2D eigenvalue weighted by Crippen LogP contribution is 2.38. The Morgan fingerprint density at radius 1 is 1.39 bits per heavy atom. The molecule has 3 nitrogen and oxygen atoms in total. The fourth-order valence-electron chi connectivity index (χ4n) is 2.99. The van der Waals surface area contributed by atoms with Crippen LogP contribution in [-0.4, -0.2) is 39.1 Å². The highest BCUT2D eigenvalue weighted by atomic mass is 15.2. The fourth-order valence-corrected chi connectivity index (χ4v) is 2.99. The van der Waals surface area contributed by atoms with Gasteiger partial charge in [-0.25, -0.2) is 0 Å². The predicted molar refractivity (Wildman–Crippen MR) is 78.0 cm³/mol. The number of nitrogens with zero attached hydrogens (tertiary/aromatic N) is 2. The standard InChI is InChI=1S/C15H25N3/c1-11-5-6-14(17(2)3)13(7-11)15-8-12(9-16)10-18(15)4/h5-7,12,15H,8-10,16H2,1-4H3. The Balaban J connectivity index is 2.35. The number of nitrogens with two attached hydrogens (primary N) is 1. The van der Waals surface area contributed by atoms with E-state index in [1.54, 1.807) is 0 Å². The summed E-state index contributed by atoms with van der Waals surface area (Å²) in [5.74, 6) is 0.635. The topological polar surface area (TPSA) is 32.5 Å². The monoisotopic (exact) mass is 247 g/mol. The van der Waals surface area contributed by atoms with Gasteiger partial charge in [-0.2, -0.15) is 0 Å². The second kappa shape index (κ2) is 5.29. The van der Waals surface area contributed by atoms with Gasteiger partial charge < -0.3 is 10.6 Å².